The molecule has 1 aliphatic heterocycles. The normalized spacial score (nSPS) is 23.9. The summed E-state index contributed by atoms with van der Waals surface area (Å²) in [6.07, 6.45) is 2.89. The first-order valence-corrected chi connectivity index (χ1v) is 15.8. The maximum atomic E-state index is 14.3. The Hall–Kier alpha value is -2.29. The molecule has 0 saturated heterocycles. The molecule has 1 fully saturated rings. The zero-order chi connectivity index (χ0) is 30.1. The van der Waals surface area contributed by atoms with Crippen LogP contribution in [-0.2, 0) is 19.7 Å². The monoisotopic (exact) mass is 627 g/mol. The number of nitrogens with two attached hydrogens (primary N) is 1. The number of hydrogen-bond donors (Lipinski definition) is 3. The molecular formula is C27H35Cl2N5O6S. The van der Waals surface area contributed by atoms with E-state index in [-0.39, 0.29) is 17.5 Å². The van der Waals surface area contributed by atoms with Gasteiger partial charge in [0.05, 0.1) is 18.2 Å². The van der Waals surface area contributed by atoms with Gasteiger partial charge in [-0.25, -0.2) is 18.2 Å². The Labute approximate surface area is 250 Å². The molecule has 4 N–H and O–H groups in total. The molecule has 11 nitrogen and oxygen atoms in total. The first-order chi connectivity index (χ1) is 19.3. The highest BCUT2D eigenvalue weighted by molar-refractivity contribution is 7.88. The van der Waals surface area contributed by atoms with Crippen molar-refractivity contribution in [1.82, 2.24) is 19.7 Å². The average molecular weight is 629 g/mol. The van der Waals surface area contributed by atoms with E-state index in [4.69, 9.17) is 33.8 Å². The predicted octanol–water partition coefficient (Wildman–Crippen LogP) is 3.13. The molecule has 1 unspecified atom stereocenters. The number of likely N-dealkylation sites (N-methyl/N-ethyl adjacent to an activating group) is 2. The van der Waals surface area contributed by atoms with Crippen LogP contribution in [0.5, 0.6) is 0 Å². The summed E-state index contributed by atoms with van der Waals surface area (Å²) in [5.41, 5.74) is 9.51. The fraction of sp³-hybridized carbons (Fsp3) is 0.481. The van der Waals surface area contributed by atoms with Gasteiger partial charge < -0.3 is 15.8 Å². The molecule has 0 spiro atoms. The summed E-state index contributed by atoms with van der Waals surface area (Å²) < 4.78 is 26.6. The van der Waals surface area contributed by atoms with E-state index >= 15 is 0 Å². The average Bonchev–Trinajstić information content (AvgIpc) is 2.92. The molecular weight excluding hydrogens is 593 g/mol. The quantitative estimate of drug-likeness (QED) is 0.284. The van der Waals surface area contributed by atoms with Gasteiger partial charge in [0.25, 0.3) is 11.8 Å². The molecule has 1 saturated carbocycles. The van der Waals surface area contributed by atoms with Gasteiger partial charge in [-0.2, -0.15) is 5.06 Å². The number of hydrogen-bond acceptors (Lipinski definition) is 8. The molecule has 224 valence electrons. The SMILES string of the molecule is CN(O)C(N)CONC(=O)[C@@H]1c2ccccc2C(=O)N([C@H]2CCCC[C@@H]2N(C)S(C)(=O)=O)[C@H]1c1ccc(Cl)cc1Cl. The van der Waals surface area contributed by atoms with Gasteiger partial charge in [-0.3, -0.25) is 14.4 Å². The number of rotatable bonds is 9. The molecule has 2 aromatic carbocycles. The van der Waals surface area contributed by atoms with Crippen LogP contribution in [-0.4, -0.2) is 84.9 Å². The van der Waals surface area contributed by atoms with Crippen molar-refractivity contribution in [2.75, 3.05) is 27.0 Å². The number of halogens is 2. The number of nitrogens with one attached hydrogen (secondary N) is 1. The number of benzene rings is 2. The second-order valence-electron chi connectivity index (χ2n) is 10.5. The fourth-order valence-electron chi connectivity index (χ4n) is 5.73. The highest BCUT2D eigenvalue weighted by Crippen LogP contribution is 2.48. The van der Waals surface area contributed by atoms with Crippen LogP contribution in [0.25, 0.3) is 0 Å². The molecule has 1 aliphatic carbocycles. The van der Waals surface area contributed by atoms with E-state index in [2.05, 4.69) is 5.48 Å². The number of amides is 2. The molecule has 5 atom stereocenters. The lowest BCUT2D eigenvalue weighted by Crippen LogP contribution is -2.59. The smallest absolute Gasteiger partial charge is 0.255 e. The van der Waals surface area contributed by atoms with E-state index in [1.165, 1.54) is 18.4 Å². The third kappa shape index (κ3) is 6.70. The highest BCUT2D eigenvalue weighted by Gasteiger charge is 2.50. The summed E-state index contributed by atoms with van der Waals surface area (Å²) in [7, 11) is -0.720. The van der Waals surface area contributed by atoms with Crippen LogP contribution in [0.2, 0.25) is 10.0 Å². The van der Waals surface area contributed by atoms with Crippen LogP contribution in [0.4, 0.5) is 0 Å². The van der Waals surface area contributed by atoms with Crippen molar-refractivity contribution in [3.05, 3.63) is 69.2 Å². The molecule has 14 heteroatoms. The molecule has 2 aromatic rings. The largest absolute Gasteiger partial charge is 0.326 e. The van der Waals surface area contributed by atoms with Crippen LogP contribution < -0.4 is 11.2 Å². The van der Waals surface area contributed by atoms with Crippen LogP contribution >= 0.6 is 23.2 Å². The van der Waals surface area contributed by atoms with Gasteiger partial charge in [0.15, 0.2) is 0 Å². The Bertz CT molecular complexity index is 1390. The molecule has 0 aromatic heterocycles. The Morgan fingerprint density at radius 2 is 1.85 bits per heavy atom. The van der Waals surface area contributed by atoms with Crippen LogP contribution in [0.15, 0.2) is 42.5 Å². The Balaban J connectivity index is 1.87. The summed E-state index contributed by atoms with van der Waals surface area (Å²) in [5, 5.41) is 10.9. The van der Waals surface area contributed by atoms with Crippen molar-refractivity contribution < 1.29 is 28.1 Å². The minimum atomic E-state index is -3.59. The van der Waals surface area contributed by atoms with Crippen molar-refractivity contribution >= 4 is 45.0 Å². The number of carbonyl (C=O) groups excluding carboxylic acids is 2. The maximum Gasteiger partial charge on any atom is 0.255 e. The molecule has 1 heterocycles. The lowest BCUT2D eigenvalue weighted by Gasteiger charge is -2.50. The minimum Gasteiger partial charge on any atom is -0.326 e. The van der Waals surface area contributed by atoms with Gasteiger partial charge in [0.1, 0.15) is 12.8 Å². The van der Waals surface area contributed by atoms with E-state index in [1.54, 1.807) is 47.4 Å². The maximum absolute atomic E-state index is 14.3. The Morgan fingerprint density at radius 3 is 2.51 bits per heavy atom. The van der Waals surface area contributed by atoms with Crippen molar-refractivity contribution in [3.8, 4) is 0 Å². The summed E-state index contributed by atoms with van der Waals surface area (Å²) in [5.74, 6) is -1.89. The van der Waals surface area contributed by atoms with Crippen molar-refractivity contribution in [2.45, 2.75) is 55.9 Å². The summed E-state index contributed by atoms with van der Waals surface area (Å²) in [6, 6.07) is 9.69. The van der Waals surface area contributed by atoms with E-state index < -0.39 is 46.1 Å². The Morgan fingerprint density at radius 1 is 1.17 bits per heavy atom. The summed E-state index contributed by atoms with van der Waals surface area (Å²) >= 11 is 12.9. The standard InChI is InChI=1S/C27H35Cl2N5O6S/c1-32(37)23(30)15-40-31-26(35)24-17-8-4-5-9-18(17)27(36)34(25(24)19-13-12-16(28)14-20(19)29)22-11-7-6-10-21(22)33(2)41(3,38)39/h4-5,8-9,12-14,21-25,37H,6-7,10-11,15,30H2,1-3H3,(H,31,35)/t21-,22-,23?,24+,25-/m0/s1. The zero-order valence-electron chi connectivity index (χ0n) is 23.0. The van der Waals surface area contributed by atoms with Crippen LogP contribution in [0, 0.1) is 0 Å². The van der Waals surface area contributed by atoms with Gasteiger partial charge in [-0.15, -0.1) is 0 Å². The molecule has 2 amide bonds. The molecule has 4 rings (SSSR count). The van der Waals surface area contributed by atoms with Crippen LogP contribution in [0.3, 0.4) is 0 Å². The van der Waals surface area contributed by atoms with E-state index in [1.807, 2.05) is 0 Å². The zero-order valence-corrected chi connectivity index (χ0v) is 25.4. The van der Waals surface area contributed by atoms with Crippen molar-refractivity contribution in [3.63, 3.8) is 0 Å². The Kier molecular flexibility index (Phi) is 9.97. The second kappa shape index (κ2) is 12.9. The van der Waals surface area contributed by atoms with E-state index in [9.17, 15) is 23.2 Å². The summed E-state index contributed by atoms with van der Waals surface area (Å²) in [6.45, 7) is -0.216. The molecule has 0 bridgehead atoms. The second-order valence-corrected chi connectivity index (χ2v) is 13.4. The van der Waals surface area contributed by atoms with E-state index in [0.717, 1.165) is 24.2 Å². The first kappa shape index (κ1) is 31.6. The lowest BCUT2D eigenvalue weighted by atomic mass is 9.76. The van der Waals surface area contributed by atoms with Gasteiger partial charge in [0.2, 0.25) is 10.0 Å². The molecule has 41 heavy (non-hydrogen) atoms. The van der Waals surface area contributed by atoms with Gasteiger partial charge in [-0.05, 0) is 42.2 Å². The predicted molar refractivity (Wildman–Crippen MR) is 155 cm³/mol. The van der Waals surface area contributed by atoms with Crippen molar-refractivity contribution in [2.24, 2.45) is 5.73 Å². The number of fused-ring (bicyclic) bond motifs is 1. The lowest BCUT2D eigenvalue weighted by molar-refractivity contribution is -0.150. The first-order valence-electron chi connectivity index (χ1n) is 13.2. The van der Waals surface area contributed by atoms with Gasteiger partial charge in [-0.1, -0.05) is 60.3 Å². The van der Waals surface area contributed by atoms with Gasteiger partial charge in [0, 0.05) is 41.8 Å². The van der Waals surface area contributed by atoms with Crippen molar-refractivity contribution in [1.29, 1.82) is 0 Å². The third-order valence-corrected chi connectivity index (χ3v) is 9.77. The number of carbonyl (C=O) groups is 2. The van der Waals surface area contributed by atoms with Gasteiger partial charge >= 0.3 is 0 Å². The summed E-state index contributed by atoms with van der Waals surface area (Å²) in [4.78, 5) is 35.2. The number of nitrogens with zero attached hydrogens (tertiary/aromatic N) is 3. The highest BCUT2D eigenvalue weighted by atomic mass is 35.5. The topological polar surface area (TPSA) is 146 Å². The molecule has 2 aliphatic rings. The number of sulfonamides is 1. The van der Waals surface area contributed by atoms with Crippen LogP contribution in [0.1, 0.15) is 59.1 Å². The minimum absolute atomic E-state index is 0.216. The molecule has 0 radical (unpaired) electrons. The van der Waals surface area contributed by atoms with E-state index in [0.29, 0.717) is 34.6 Å². The fourth-order valence-corrected chi connectivity index (χ4v) is 6.99. The number of hydroxylamine groups is 3. The third-order valence-electron chi connectivity index (χ3n) is 7.89.